The molecule has 1 atom stereocenters. The highest BCUT2D eigenvalue weighted by atomic mass is 32.1. The standard InChI is InChI=1S/C15H18N4OS/c1-2-11-8-13(21-14(11)16-7-1)19-17-15(20-18-19)9-10-3-5-12(15)6-4-10/h1-2,7-8,10,12,17-18H,3-6,9H2. The van der Waals surface area contributed by atoms with E-state index in [9.17, 15) is 0 Å². The van der Waals surface area contributed by atoms with Gasteiger partial charge >= 0.3 is 0 Å². The van der Waals surface area contributed by atoms with Crippen LogP contribution in [0.15, 0.2) is 24.4 Å². The molecule has 0 amide bonds. The third-order valence-electron chi connectivity index (χ3n) is 5.22. The van der Waals surface area contributed by atoms with Gasteiger partial charge in [0.05, 0.1) is 0 Å². The molecule has 1 saturated heterocycles. The van der Waals surface area contributed by atoms with Crippen LogP contribution >= 0.6 is 11.3 Å². The predicted octanol–water partition coefficient (Wildman–Crippen LogP) is 2.96. The van der Waals surface area contributed by atoms with Crippen LogP contribution in [0.2, 0.25) is 0 Å². The number of fused-ring (bicyclic) bond motifs is 3. The Morgan fingerprint density at radius 1 is 1.33 bits per heavy atom. The third kappa shape index (κ3) is 1.83. The zero-order valence-electron chi connectivity index (χ0n) is 11.7. The number of pyridine rings is 1. The molecule has 3 saturated carbocycles. The normalized spacial score (nSPS) is 35.1. The van der Waals surface area contributed by atoms with E-state index < -0.39 is 0 Å². The SMILES string of the molecule is c1cnc2sc(N3NOC4(CC5CCC4CC5)N3)cc2c1. The topological polar surface area (TPSA) is 49.4 Å². The maximum absolute atomic E-state index is 6.03. The van der Waals surface area contributed by atoms with Crippen LogP contribution in [0.3, 0.4) is 0 Å². The van der Waals surface area contributed by atoms with Crippen molar-refractivity contribution in [2.75, 3.05) is 5.12 Å². The lowest BCUT2D eigenvalue weighted by Crippen LogP contribution is -2.57. The summed E-state index contributed by atoms with van der Waals surface area (Å²) in [6, 6.07) is 6.22. The molecule has 5 nitrogen and oxygen atoms in total. The van der Waals surface area contributed by atoms with E-state index in [0.29, 0.717) is 5.92 Å². The third-order valence-corrected chi connectivity index (χ3v) is 6.26. The van der Waals surface area contributed by atoms with Gasteiger partial charge in [-0.25, -0.2) is 10.1 Å². The van der Waals surface area contributed by atoms with Gasteiger partial charge in [-0.3, -0.25) is 4.84 Å². The van der Waals surface area contributed by atoms with E-state index in [0.717, 1.165) is 22.2 Å². The quantitative estimate of drug-likeness (QED) is 0.848. The molecule has 2 N–H and O–H groups in total. The first-order valence-electron chi connectivity index (χ1n) is 7.69. The number of hydrazine groups is 2. The Bertz CT molecular complexity index is 648. The summed E-state index contributed by atoms with van der Waals surface area (Å²) in [5, 5.41) is 4.21. The van der Waals surface area contributed by atoms with Gasteiger partial charge in [0.25, 0.3) is 0 Å². The van der Waals surface area contributed by atoms with Crippen molar-refractivity contribution in [1.82, 2.24) is 16.0 Å². The number of nitrogens with one attached hydrogen (secondary N) is 2. The van der Waals surface area contributed by atoms with E-state index in [1.54, 1.807) is 11.3 Å². The minimum absolute atomic E-state index is 0.204. The Balaban J connectivity index is 1.44. The second kappa shape index (κ2) is 4.39. The average Bonchev–Trinajstić information content (AvgIpc) is 3.13. The molecule has 1 spiro atoms. The molecule has 0 aromatic carbocycles. The first-order valence-corrected chi connectivity index (χ1v) is 8.50. The van der Waals surface area contributed by atoms with E-state index in [-0.39, 0.29) is 5.72 Å². The molecule has 2 bridgehead atoms. The first kappa shape index (κ1) is 12.3. The molecule has 2 aromatic heterocycles. The molecule has 6 heteroatoms. The van der Waals surface area contributed by atoms with Crippen LogP contribution in [0.25, 0.3) is 10.2 Å². The van der Waals surface area contributed by atoms with Gasteiger partial charge < -0.3 is 0 Å². The van der Waals surface area contributed by atoms with Crippen molar-refractivity contribution >= 4 is 26.6 Å². The van der Waals surface area contributed by atoms with Crippen LogP contribution < -0.4 is 16.1 Å². The van der Waals surface area contributed by atoms with Crippen LogP contribution in [0.5, 0.6) is 0 Å². The molecule has 21 heavy (non-hydrogen) atoms. The summed E-state index contributed by atoms with van der Waals surface area (Å²) in [5.74, 6) is 1.43. The minimum atomic E-state index is -0.204. The predicted molar refractivity (Wildman–Crippen MR) is 82.3 cm³/mol. The van der Waals surface area contributed by atoms with Crippen LogP contribution in [-0.4, -0.2) is 10.7 Å². The molecule has 4 aliphatic rings. The number of hydrogen-bond acceptors (Lipinski definition) is 6. The molecule has 4 fully saturated rings. The fourth-order valence-electron chi connectivity index (χ4n) is 4.12. The fourth-order valence-corrected chi connectivity index (χ4v) is 5.04. The van der Waals surface area contributed by atoms with Crippen molar-refractivity contribution in [1.29, 1.82) is 0 Å². The highest BCUT2D eigenvalue weighted by Crippen LogP contribution is 2.49. The van der Waals surface area contributed by atoms with Gasteiger partial charge in [0.1, 0.15) is 9.83 Å². The van der Waals surface area contributed by atoms with Crippen molar-refractivity contribution in [3.63, 3.8) is 0 Å². The summed E-state index contributed by atoms with van der Waals surface area (Å²) in [4.78, 5) is 11.5. The number of nitrogens with zero attached hydrogens (tertiary/aromatic N) is 2. The molecule has 1 aliphatic heterocycles. The van der Waals surface area contributed by atoms with Crippen molar-refractivity contribution < 1.29 is 4.84 Å². The number of rotatable bonds is 1. The van der Waals surface area contributed by atoms with Crippen molar-refractivity contribution in [2.24, 2.45) is 11.8 Å². The van der Waals surface area contributed by atoms with Gasteiger partial charge in [-0.1, -0.05) is 23.0 Å². The molecule has 0 radical (unpaired) electrons. The van der Waals surface area contributed by atoms with Gasteiger partial charge in [0, 0.05) is 17.5 Å². The van der Waals surface area contributed by atoms with Crippen LogP contribution in [0.1, 0.15) is 32.1 Å². The lowest BCUT2D eigenvalue weighted by atomic mass is 9.66. The maximum Gasteiger partial charge on any atom is 0.163 e. The van der Waals surface area contributed by atoms with Gasteiger partial charge in [-0.2, -0.15) is 5.43 Å². The second-order valence-electron chi connectivity index (χ2n) is 6.43. The number of thiophene rings is 1. The van der Waals surface area contributed by atoms with Crippen molar-refractivity contribution in [3.8, 4) is 0 Å². The fraction of sp³-hybridized carbons (Fsp3) is 0.533. The zero-order valence-corrected chi connectivity index (χ0v) is 12.5. The summed E-state index contributed by atoms with van der Waals surface area (Å²) in [6.07, 6.45) is 8.24. The van der Waals surface area contributed by atoms with E-state index in [2.05, 4.69) is 28.1 Å². The lowest BCUT2D eigenvalue weighted by molar-refractivity contribution is -0.153. The van der Waals surface area contributed by atoms with Crippen LogP contribution in [-0.2, 0) is 4.84 Å². The zero-order chi connectivity index (χ0) is 13.9. The maximum atomic E-state index is 6.03. The Labute approximate surface area is 127 Å². The molecule has 3 heterocycles. The molecule has 110 valence electrons. The summed E-state index contributed by atoms with van der Waals surface area (Å²) >= 11 is 1.67. The van der Waals surface area contributed by atoms with E-state index in [1.807, 2.05) is 17.4 Å². The van der Waals surface area contributed by atoms with Crippen LogP contribution in [0.4, 0.5) is 5.00 Å². The van der Waals surface area contributed by atoms with Gasteiger partial charge in [-0.05, 0) is 50.2 Å². The van der Waals surface area contributed by atoms with Crippen molar-refractivity contribution in [3.05, 3.63) is 24.4 Å². The van der Waals surface area contributed by atoms with Gasteiger partial charge in [0.15, 0.2) is 5.72 Å². The second-order valence-corrected chi connectivity index (χ2v) is 7.44. The molecule has 2 aromatic rings. The number of aromatic nitrogens is 1. The smallest absolute Gasteiger partial charge is 0.163 e. The molecular weight excluding hydrogens is 284 g/mol. The molecule has 1 unspecified atom stereocenters. The van der Waals surface area contributed by atoms with Gasteiger partial charge in [-0.15, -0.1) is 0 Å². The summed E-state index contributed by atoms with van der Waals surface area (Å²) in [7, 11) is 0. The van der Waals surface area contributed by atoms with Gasteiger partial charge in [0.2, 0.25) is 0 Å². The minimum Gasteiger partial charge on any atom is -0.257 e. The molecule has 3 aliphatic carbocycles. The average molecular weight is 302 g/mol. The Hall–Kier alpha value is -1.21. The summed E-state index contributed by atoms with van der Waals surface area (Å²) < 4.78 is 0. The highest BCUT2D eigenvalue weighted by molar-refractivity contribution is 7.22. The van der Waals surface area contributed by atoms with Crippen molar-refractivity contribution in [2.45, 2.75) is 37.8 Å². The number of anilines is 1. The van der Waals surface area contributed by atoms with Crippen LogP contribution in [0, 0.1) is 11.8 Å². The monoisotopic (exact) mass is 302 g/mol. The number of hydrogen-bond donors (Lipinski definition) is 2. The Morgan fingerprint density at radius 3 is 3.00 bits per heavy atom. The van der Waals surface area contributed by atoms with E-state index in [4.69, 9.17) is 4.84 Å². The lowest BCUT2D eigenvalue weighted by Gasteiger charge is -2.47. The van der Waals surface area contributed by atoms with E-state index in [1.165, 1.54) is 31.1 Å². The largest absolute Gasteiger partial charge is 0.257 e. The highest BCUT2D eigenvalue weighted by Gasteiger charge is 2.53. The Morgan fingerprint density at radius 2 is 2.24 bits per heavy atom. The van der Waals surface area contributed by atoms with E-state index >= 15 is 0 Å². The molecular formula is C15H18N4OS. The first-order chi connectivity index (χ1) is 10.3. The summed E-state index contributed by atoms with van der Waals surface area (Å²) in [5.41, 5.74) is 6.48. The Kier molecular flexibility index (Phi) is 2.58. The molecule has 6 rings (SSSR count). The summed E-state index contributed by atoms with van der Waals surface area (Å²) in [6.45, 7) is 0.